The second kappa shape index (κ2) is 5.71. The Balaban J connectivity index is 0.00000144. The Morgan fingerprint density at radius 1 is 1.59 bits per heavy atom. The number of nitrogen functional groups attached to an aromatic ring is 1. The van der Waals surface area contributed by atoms with Gasteiger partial charge >= 0.3 is 5.97 Å². The lowest BCUT2D eigenvalue weighted by atomic mass is 10.0. The van der Waals surface area contributed by atoms with Gasteiger partial charge in [0.2, 0.25) is 0 Å². The maximum atomic E-state index is 11.8. The molecule has 0 fully saturated rings. The first-order valence-corrected chi connectivity index (χ1v) is 6.20. The fourth-order valence-corrected chi connectivity index (χ4v) is 3.17. The standard InChI is InChI=1S/C11H16N2O2S.ClH/c1-3-15-11(14)9-7-4-5-13(2)6-8(7)16-10(9)12;/h3-6,12H2,1-2H3;1H. The van der Waals surface area contributed by atoms with Crippen LogP contribution in [0.15, 0.2) is 0 Å². The highest BCUT2D eigenvalue weighted by Gasteiger charge is 2.26. The molecule has 17 heavy (non-hydrogen) atoms. The fraction of sp³-hybridized carbons (Fsp3) is 0.545. The van der Waals surface area contributed by atoms with Gasteiger partial charge in [0, 0.05) is 18.0 Å². The molecular formula is C11H17ClN2O2S. The molecule has 0 radical (unpaired) electrons. The molecule has 0 aliphatic carbocycles. The van der Waals surface area contributed by atoms with Crippen LogP contribution < -0.4 is 5.73 Å². The number of carbonyl (C=O) groups excluding carboxylic acids is 1. The van der Waals surface area contributed by atoms with E-state index >= 15 is 0 Å². The number of nitrogens with two attached hydrogens (primary N) is 1. The number of fused-ring (bicyclic) bond motifs is 1. The largest absolute Gasteiger partial charge is 0.462 e. The molecule has 0 bridgehead atoms. The highest BCUT2D eigenvalue weighted by Crippen LogP contribution is 2.35. The molecular weight excluding hydrogens is 260 g/mol. The lowest BCUT2D eigenvalue weighted by molar-refractivity contribution is 0.0526. The molecule has 2 heterocycles. The van der Waals surface area contributed by atoms with Gasteiger partial charge in [-0.25, -0.2) is 4.79 Å². The number of thiophene rings is 1. The maximum Gasteiger partial charge on any atom is 0.341 e. The Hall–Kier alpha value is -0.780. The van der Waals surface area contributed by atoms with E-state index in [0.717, 1.165) is 25.1 Å². The lowest BCUT2D eigenvalue weighted by Crippen LogP contribution is -2.26. The fourth-order valence-electron chi connectivity index (χ4n) is 1.98. The van der Waals surface area contributed by atoms with Gasteiger partial charge in [-0.3, -0.25) is 0 Å². The van der Waals surface area contributed by atoms with Crippen LogP contribution in [0.5, 0.6) is 0 Å². The number of nitrogens with zero attached hydrogens (tertiary/aromatic N) is 1. The van der Waals surface area contributed by atoms with Crippen molar-refractivity contribution in [3.8, 4) is 0 Å². The second-order valence-electron chi connectivity index (χ2n) is 3.95. The highest BCUT2D eigenvalue weighted by molar-refractivity contribution is 7.16. The first-order valence-electron chi connectivity index (χ1n) is 5.39. The molecule has 1 aromatic heterocycles. The minimum Gasteiger partial charge on any atom is -0.462 e. The molecule has 6 heteroatoms. The number of hydrogen-bond donors (Lipinski definition) is 1. The first-order chi connectivity index (χ1) is 7.63. The van der Waals surface area contributed by atoms with Gasteiger partial charge in [-0.2, -0.15) is 0 Å². The average Bonchev–Trinajstić information content (AvgIpc) is 2.53. The van der Waals surface area contributed by atoms with Crippen LogP contribution in [0.4, 0.5) is 5.00 Å². The zero-order valence-electron chi connectivity index (χ0n) is 9.99. The molecule has 0 spiro atoms. The molecule has 0 unspecified atom stereocenters. The van der Waals surface area contributed by atoms with Gasteiger partial charge in [-0.05, 0) is 26.0 Å². The van der Waals surface area contributed by atoms with Crippen molar-refractivity contribution >= 4 is 34.7 Å². The summed E-state index contributed by atoms with van der Waals surface area (Å²) < 4.78 is 5.03. The van der Waals surface area contributed by atoms with Crippen LogP contribution in [0.2, 0.25) is 0 Å². The third-order valence-electron chi connectivity index (χ3n) is 2.75. The van der Waals surface area contributed by atoms with E-state index < -0.39 is 0 Å². The Morgan fingerprint density at radius 3 is 2.94 bits per heavy atom. The molecule has 4 nitrogen and oxygen atoms in total. The van der Waals surface area contributed by atoms with Crippen molar-refractivity contribution in [2.24, 2.45) is 0 Å². The average molecular weight is 277 g/mol. The Morgan fingerprint density at radius 2 is 2.29 bits per heavy atom. The molecule has 0 saturated carbocycles. The smallest absolute Gasteiger partial charge is 0.341 e. The van der Waals surface area contributed by atoms with Gasteiger partial charge in [-0.15, -0.1) is 23.7 Å². The van der Waals surface area contributed by atoms with Gasteiger partial charge in [0.15, 0.2) is 0 Å². The van der Waals surface area contributed by atoms with E-state index in [1.807, 2.05) is 0 Å². The zero-order valence-corrected chi connectivity index (χ0v) is 11.6. The van der Waals surface area contributed by atoms with Crippen LogP contribution >= 0.6 is 23.7 Å². The summed E-state index contributed by atoms with van der Waals surface area (Å²) >= 11 is 1.51. The Labute approximate surface area is 111 Å². The Kier molecular flexibility index (Phi) is 4.80. The van der Waals surface area contributed by atoms with Gasteiger partial charge in [0.25, 0.3) is 0 Å². The Bertz CT molecular complexity index is 420. The van der Waals surface area contributed by atoms with Crippen molar-refractivity contribution in [1.29, 1.82) is 0 Å². The van der Waals surface area contributed by atoms with E-state index in [1.165, 1.54) is 16.2 Å². The monoisotopic (exact) mass is 276 g/mol. The molecule has 0 atom stereocenters. The quantitative estimate of drug-likeness (QED) is 0.839. The van der Waals surface area contributed by atoms with Crippen LogP contribution in [0.25, 0.3) is 0 Å². The SMILES string of the molecule is CCOC(=O)c1c(N)sc2c1CCN(C)C2.Cl. The molecule has 2 N–H and O–H groups in total. The normalized spacial score (nSPS) is 14.9. The van der Waals surface area contributed by atoms with Crippen LogP contribution in [0.3, 0.4) is 0 Å². The van der Waals surface area contributed by atoms with Crippen molar-refractivity contribution in [2.75, 3.05) is 25.9 Å². The van der Waals surface area contributed by atoms with E-state index in [1.54, 1.807) is 6.92 Å². The molecule has 0 amide bonds. The lowest BCUT2D eigenvalue weighted by Gasteiger charge is -2.22. The summed E-state index contributed by atoms with van der Waals surface area (Å²) in [4.78, 5) is 15.2. The molecule has 96 valence electrons. The van der Waals surface area contributed by atoms with Crippen molar-refractivity contribution in [1.82, 2.24) is 4.90 Å². The van der Waals surface area contributed by atoms with Crippen molar-refractivity contribution in [3.05, 3.63) is 16.0 Å². The number of anilines is 1. The third-order valence-corrected chi connectivity index (χ3v) is 3.80. The van der Waals surface area contributed by atoms with E-state index in [2.05, 4.69) is 11.9 Å². The van der Waals surface area contributed by atoms with Crippen molar-refractivity contribution in [2.45, 2.75) is 19.9 Å². The summed E-state index contributed by atoms with van der Waals surface area (Å²) in [6.45, 7) is 4.04. The van der Waals surface area contributed by atoms with Crippen molar-refractivity contribution < 1.29 is 9.53 Å². The van der Waals surface area contributed by atoms with Crippen LogP contribution in [-0.4, -0.2) is 31.1 Å². The zero-order chi connectivity index (χ0) is 11.7. The topological polar surface area (TPSA) is 55.6 Å². The van der Waals surface area contributed by atoms with E-state index in [-0.39, 0.29) is 18.4 Å². The minimum absolute atomic E-state index is 0. The predicted octanol–water partition coefficient (Wildman–Crippen LogP) is 1.92. The highest BCUT2D eigenvalue weighted by atomic mass is 35.5. The molecule has 0 aromatic carbocycles. The molecule has 0 saturated heterocycles. The minimum atomic E-state index is -0.276. The summed E-state index contributed by atoms with van der Waals surface area (Å²) in [5.74, 6) is -0.276. The summed E-state index contributed by atoms with van der Waals surface area (Å²) in [5.41, 5.74) is 7.60. The molecule has 1 aliphatic rings. The number of esters is 1. The second-order valence-corrected chi connectivity index (χ2v) is 5.09. The van der Waals surface area contributed by atoms with Gasteiger partial charge < -0.3 is 15.4 Å². The number of rotatable bonds is 2. The van der Waals surface area contributed by atoms with Crippen LogP contribution in [0, 0.1) is 0 Å². The number of hydrogen-bond acceptors (Lipinski definition) is 5. The van der Waals surface area contributed by atoms with Gasteiger partial charge in [0.1, 0.15) is 5.00 Å². The van der Waals surface area contributed by atoms with Crippen molar-refractivity contribution in [3.63, 3.8) is 0 Å². The van der Waals surface area contributed by atoms with Gasteiger partial charge in [-0.1, -0.05) is 0 Å². The molecule has 2 rings (SSSR count). The third kappa shape index (κ3) is 2.73. The summed E-state index contributed by atoms with van der Waals surface area (Å²) in [6.07, 6.45) is 0.883. The summed E-state index contributed by atoms with van der Waals surface area (Å²) in [5, 5.41) is 0.596. The number of likely N-dealkylation sites (N-methyl/N-ethyl adjacent to an activating group) is 1. The number of ether oxygens (including phenoxy) is 1. The number of carbonyl (C=O) groups is 1. The molecule has 1 aromatic rings. The predicted molar refractivity (Wildman–Crippen MR) is 72.0 cm³/mol. The first kappa shape index (κ1) is 14.3. The van der Waals surface area contributed by atoms with Crippen LogP contribution in [-0.2, 0) is 17.7 Å². The van der Waals surface area contributed by atoms with Crippen LogP contribution in [0.1, 0.15) is 27.7 Å². The summed E-state index contributed by atoms with van der Waals surface area (Å²) in [7, 11) is 2.07. The van der Waals surface area contributed by atoms with E-state index in [0.29, 0.717) is 17.2 Å². The maximum absolute atomic E-state index is 11.8. The van der Waals surface area contributed by atoms with Gasteiger partial charge in [0.05, 0.1) is 12.2 Å². The summed E-state index contributed by atoms with van der Waals surface area (Å²) in [6, 6.07) is 0. The number of halogens is 1. The van der Waals surface area contributed by atoms with E-state index in [9.17, 15) is 4.79 Å². The molecule has 1 aliphatic heterocycles. The van der Waals surface area contributed by atoms with E-state index in [4.69, 9.17) is 10.5 Å².